The molecule has 31 heavy (non-hydrogen) atoms. The van der Waals surface area contributed by atoms with Crippen LogP contribution in [0.4, 0.5) is 0 Å². The third-order valence-electron chi connectivity index (χ3n) is 5.37. The highest BCUT2D eigenvalue weighted by atomic mass is 32.3. The van der Waals surface area contributed by atoms with Crippen LogP contribution in [0.1, 0.15) is 13.8 Å². The topological polar surface area (TPSA) is 0 Å². The Balaban J connectivity index is 0.00000112. The first kappa shape index (κ1) is 21.0. The third-order valence-corrected chi connectivity index (χ3v) is 9.32. The lowest BCUT2D eigenvalue weighted by atomic mass is 10.1. The van der Waals surface area contributed by atoms with Gasteiger partial charge in [-0.1, -0.05) is 105 Å². The van der Waals surface area contributed by atoms with Gasteiger partial charge in [0, 0.05) is 19.6 Å². The Kier molecular flexibility index (Phi) is 6.54. The lowest BCUT2D eigenvalue weighted by Crippen LogP contribution is -2.05. The average Bonchev–Trinajstić information content (AvgIpc) is 2.88. The summed E-state index contributed by atoms with van der Waals surface area (Å²) in [5, 5.41) is 2.60. The summed E-state index contributed by atoms with van der Waals surface area (Å²) in [4.78, 5) is 5.45. The largest absolute Gasteiger partial charge is 0.132 e. The van der Waals surface area contributed by atoms with Crippen LogP contribution in [0.2, 0.25) is 0 Å². The number of hydrogen-bond acceptors (Lipinski definition) is 0. The minimum Gasteiger partial charge on any atom is -0.132 e. The van der Waals surface area contributed by atoms with Crippen molar-refractivity contribution in [2.75, 3.05) is 0 Å². The maximum Gasteiger partial charge on any atom is 0.0101 e. The molecule has 0 atom stereocenters. The van der Waals surface area contributed by atoms with Gasteiger partial charge in [-0.25, -0.2) is 0 Å². The van der Waals surface area contributed by atoms with Gasteiger partial charge in [0.1, 0.15) is 0 Å². The van der Waals surface area contributed by atoms with E-state index in [1.165, 1.54) is 30.4 Å². The first-order chi connectivity index (χ1) is 15.4. The molecule has 0 amide bonds. The van der Waals surface area contributed by atoms with E-state index in [0.717, 1.165) is 0 Å². The van der Waals surface area contributed by atoms with Gasteiger partial charge in [0.15, 0.2) is 0 Å². The van der Waals surface area contributed by atoms with Crippen LogP contribution in [-0.2, 0) is 0 Å². The Morgan fingerprint density at radius 1 is 0.387 bits per heavy atom. The van der Waals surface area contributed by atoms with Gasteiger partial charge < -0.3 is 0 Å². The maximum atomic E-state index is 2.32. The van der Waals surface area contributed by atoms with E-state index < -0.39 is 10.0 Å². The van der Waals surface area contributed by atoms with Gasteiger partial charge >= 0.3 is 0 Å². The van der Waals surface area contributed by atoms with Crippen LogP contribution >= 0.6 is 10.0 Å². The Morgan fingerprint density at radius 3 is 1.26 bits per heavy atom. The zero-order valence-electron chi connectivity index (χ0n) is 18.1. The molecular weight excluding hydrogens is 392 g/mol. The molecule has 0 fully saturated rings. The standard InChI is InChI=1S/C28H22S.C2H6/c1-4-15-24(16-5-1)29(25-17-6-2-7-18-25,26-19-8-3-9-20-26)28-22-12-14-23-13-10-11-21-27(23)28;1-2/h1-22H;1-2H3. The van der Waals surface area contributed by atoms with E-state index in [1.54, 1.807) is 0 Å². The molecule has 0 aliphatic rings. The number of fused-ring (bicyclic) bond motifs is 1. The smallest absolute Gasteiger partial charge is 0.0101 e. The molecule has 1 heteroatoms. The van der Waals surface area contributed by atoms with Gasteiger partial charge in [0.25, 0.3) is 0 Å². The summed E-state index contributed by atoms with van der Waals surface area (Å²) in [6, 6.07) is 48.5. The van der Waals surface area contributed by atoms with E-state index in [9.17, 15) is 0 Å². The van der Waals surface area contributed by atoms with Crippen LogP contribution in [-0.4, -0.2) is 0 Å². The molecule has 0 spiro atoms. The fraction of sp³-hybridized carbons (Fsp3) is 0.0667. The molecule has 0 nitrogen and oxygen atoms in total. The van der Waals surface area contributed by atoms with E-state index in [0.29, 0.717) is 0 Å². The van der Waals surface area contributed by atoms with Crippen LogP contribution in [0.25, 0.3) is 10.8 Å². The molecule has 0 saturated heterocycles. The SMILES string of the molecule is CC.c1ccc(S(c2ccccc2)(c2ccccc2)c2cccc3ccccc23)cc1. The fourth-order valence-electron chi connectivity index (χ4n) is 4.13. The predicted molar refractivity (Wildman–Crippen MR) is 135 cm³/mol. The molecule has 0 aliphatic carbocycles. The van der Waals surface area contributed by atoms with E-state index in [4.69, 9.17) is 0 Å². The second-order valence-electron chi connectivity index (χ2n) is 7.03. The summed E-state index contributed by atoms with van der Waals surface area (Å²) in [6.45, 7) is 4.00. The van der Waals surface area contributed by atoms with Crippen LogP contribution in [0.15, 0.2) is 153 Å². The van der Waals surface area contributed by atoms with E-state index in [2.05, 4.69) is 133 Å². The zero-order chi connectivity index (χ0) is 21.5. The molecule has 154 valence electrons. The maximum absolute atomic E-state index is 2.32. The molecule has 5 aromatic rings. The molecule has 5 aromatic carbocycles. The molecule has 0 heterocycles. The fourth-order valence-corrected chi connectivity index (χ4v) is 8.20. The van der Waals surface area contributed by atoms with Crippen molar-refractivity contribution >= 4 is 20.8 Å². The highest BCUT2D eigenvalue weighted by Crippen LogP contribution is 2.74. The Labute approximate surface area is 187 Å². The van der Waals surface area contributed by atoms with Gasteiger partial charge in [-0.3, -0.25) is 0 Å². The van der Waals surface area contributed by atoms with Crippen molar-refractivity contribution in [3.63, 3.8) is 0 Å². The normalized spacial score (nSPS) is 11.4. The molecule has 0 bridgehead atoms. The molecule has 0 unspecified atom stereocenters. The molecular formula is C30H28S. The highest BCUT2D eigenvalue weighted by molar-refractivity contribution is 8.34. The van der Waals surface area contributed by atoms with Gasteiger partial charge in [0.05, 0.1) is 0 Å². The molecule has 5 rings (SSSR count). The van der Waals surface area contributed by atoms with Crippen molar-refractivity contribution in [1.82, 2.24) is 0 Å². The van der Waals surface area contributed by atoms with E-state index in [1.807, 2.05) is 13.8 Å². The lowest BCUT2D eigenvalue weighted by molar-refractivity contribution is 1.26. The Morgan fingerprint density at radius 2 is 0.774 bits per heavy atom. The summed E-state index contributed by atoms with van der Waals surface area (Å²) in [5.74, 6) is 0. The number of hydrogen-bond donors (Lipinski definition) is 0. The quantitative estimate of drug-likeness (QED) is 0.272. The predicted octanol–water partition coefficient (Wildman–Crippen LogP) is 9.21. The second kappa shape index (κ2) is 9.68. The van der Waals surface area contributed by atoms with Gasteiger partial charge in [0.2, 0.25) is 0 Å². The van der Waals surface area contributed by atoms with Crippen molar-refractivity contribution in [2.45, 2.75) is 33.4 Å². The van der Waals surface area contributed by atoms with E-state index in [-0.39, 0.29) is 0 Å². The summed E-state index contributed by atoms with van der Waals surface area (Å²) in [6.07, 6.45) is 0. The molecule has 0 N–H and O–H groups in total. The van der Waals surface area contributed by atoms with Gasteiger partial charge in [-0.05, 0) is 53.2 Å². The van der Waals surface area contributed by atoms with Crippen molar-refractivity contribution in [3.8, 4) is 0 Å². The molecule has 0 radical (unpaired) electrons. The van der Waals surface area contributed by atoms with Gasteiger partial charge in [-0.15, -0.1) is 10.0 Å². The highest BCUT2D eigenvalue weighted by Gasteiger charge is 2.34. The van der Waals surface area contributed by atoms with Crippen LogP contribution < -0.4 is 0 Å². The van der Waals surface area contributed by atoms with Crippen molar-refractivity contribution in [2.24, 2.45) is 0 Å². The van der Waals surface area contributed by atoms with Crippen LogP contribution in [0, 0.1) is 0 Å². The minimum atomic E-state index is -1.64. The van der Waals surface area contributed by atoms with Crippen LogP contribution in [0.5, 0.6) is 0 Å². The minimum absolute atomic E-state index is 1.28. The first-order valence-electron chi connectivity index (χ1n) is 10.9. The van der Waals surface area contributed by atoms with Crippen molar-refractivity contribution < 1.29 is 0 Å². The Hall–Kier alpha value is -3.29. The van der Waals surface area contributed by atoms with Crippen molar-refractivity contribution in [3.05, 3.63) is 133 Å². The van der Waals surface area contributed by atoms with E-state index >= 15 is 0 Å². The first-order valence-corrected chi connectivity index (χ1v) is 12.5. The van der Waals surface area contributed by atoms with Crippen molar-refractivity contribution in [1.29, 1.82) is 0 Å². The molecule has 0 saturated carbocycles. The third kappa shape index (κ3) is 3.78. The average molecular weight is 421 g/mol. The Bertz CT molecular complexity index is 1130. The summed E-state index contributed by atoms with van der Waals surface area (Å²) < 4.78 is 0. The van der Waals surface area contributed by atoms with Gasteiger partial charge in [-0.2, -0.15) is 0 Å². The summed E-state index contributed by atoms with van der Waals surface area (Å²) >= 11 is 0. The number of benzene rings is 5. The van der Waals surface area contributed by atoms with Crippen LogP contribution in [0.3, 0.4) is 0 Å². The second-order valence-corrected chi connectivity index (χ2v) is 10.1. The summed E-state index contributed by atoms with van der Waals surface area (Å²) in [5.41, 5.74) is 0. The summed E-state index contributed by atoms with van der Waals surface area (Å²) in [7, 11) is -1.64. The number of rotatable bonds is 4. The molecule has 0 aromatic heterocycles. The lowest BCUT2D eigenvalue weighted by Gasteiger charge is -2.42. The molecule has 0 aliphatic heterocycles. The monoisotopic (exact) mass is 420 g/mol. The zero-order valence-corrected chi connectivity index (χ0v) is 18.9.